The van der Waals surface area contributed by atoms with E-state index in [4.69, 9.17) is 5.73 Å². The fraction of sp³-hybridized carbons (Fsp3) is 0.455. The van der Waals surface area contributed by atoms with E-state index in [1.165, 1.54) is 6.07 Å². The molecule has 1 nitrogen and oxygen atoms in total. The Morgan fingerprint density at radius 2 is 1.75 bits per heavy atom. The molecule has 0 amide bonds. The van der Waals surface area contributed by atoms with Gasteiger partial charge in [-0.05, 0) is 12.0 Å². The normalized spacial score (nSPS) is 14.1. The molecule has 1 aromatic rings. The number of hydrogen-bond donors (Lipinski definition) is 1. The van der Waals surface area contributed by atoms with Gasteiger partial charge in [0.2, 0.25) is 0 Å². The van der Waals surface area contributed by atoms with Gasteiger partial charge in [0.15, 0.2) is 17.5 Å². The molecule has 0 aliphatic rings. The lowest BCUT2D eigenvalue weighted by molar-refractivity contribution is 0.405. The van der Waals surface area contributed by atoms with Gasteiger partial charge in [0.25, 0.3) is 0 Å². The second-order valence-corrected chi connectivity index (χ2v) is 3.68. The predicted octanol–water partition coefficient (Wildman–Crippen LogP) is 3.57. The van der Waals surface area contributed by atoms with Crippen molar-refractivity contribution in [3.63, 3.8) is 0 Å². The van der Waals surface area contributed by atoms with E-state index in [-0.39, 0.29) is 23.9 Å². The largest absolute Gasteiger partial charge is 0.324 e. The maximum atomic E-state index is 13.3. The third-order valence-corrected chi connectivity index (χ3v) is 2.68. The van der Waals surface area contributed by atoms with E-state index >= 15 is 0 Å². The maximum absolute atomic E-state index is 13.3. The van der Waals surface area contributed by atoms with Crippen molar-refractivity contribution in [2.24, 2.45) is 11.7 Å². The molecule has 0 radical (unpaired) electrons. The lowest BCUT2D eigenvalue weighted by Gasteiger charge is -2.19. The molecule has 5 heteroatoms. The third-order valence-electron chi connectivity index (χ3n) is 2.68. The molecule has 0 aliphatic carbocycles. The number of hydrogen-bond acceptors (Lipinski definition) is 1. The van der Waals surface area contributed by atoms with Crippen LogP contribution in [0.2, 0.25) is 0 Å². The highest BCUT2D eigenvalue weighted by Gasteiger charge is 2.21. The highest BCUT2D eigenvalue weighted by molar-refractivity contribution is 5.85. The first-order valence-electron chi connectivity index (χ1n) is 4.88. The van der Waals surface area contributed by atoms with Crippen LogP contribution in [0, 0.1) is 23.4 Å². The Morgan fingerprint density at radius 3 is 2.25 bits per heavy atom. The van der Waals surface area contributed by atoms with Gasteiger partial charge in [-0.25, -0.2) is 13.2 Å². The summed E-state index contributed by atoms with van der Waals surface area (Å²) in [5.74, 6) is -3.80. The van der Waals surface area contributed by atoms with Crippen molar-refractivity contribution in [1.29, 1.82) is 0 Å². The first kappa shape index (κ1) is 15.3. The minimum absolute atomic E-state index is 0. The summed E-state index contributed by atoms with van der Waals surface area (Å²) in [5, 5.41) is 0. The number of nitrogens with two attached hydrogens (primary N) is 1. The standard InChI is InChI=1S/C11H14F3N.ClH/c1-3-6(2)11(15)7-4-5-8(12)10(14)9(7)13;/h4-6,11H,3,15H2,1-2H3;1H/t6?,11-;/m1./s1. The third kappa shape index (κ3) is 2.89. The average molecular weight is 254 g/mol. The van der Waals surface area contributed by atoms with Gasteiger partial charge in [0.05, 0.1) is 0 Å². The first-order chi connectivity index (χ1) is 6.99. The summed E-state index contributed by atoms with van der Waals surface area (Å²) in [7, 11) is 0. The van der Waals surface area contributed by atoms with Crippen LogP contribution >= 0.6 is 12.4 Å². The molecule has 1 rings (SSSR count). The van der Waals surface area contributed by atoms with Gasteiger partial charge >= 0.3 is 0 Å². The molecule has 0 saturated carbocycles. The van der Waals surface area contributed by atoms with Gasteiger partial charge < -0.3 is 5.73 Å². The fourth-order valence-electron chi connectivity index (χ4n) is 1.36. The minimum Gasteiger partial charge on any atom is -0.324 e. The molecule has 0 spiro atoms. The quantitative estimate of drug-likeness (QED) is 0.819. The lowest BCUT2D eigenvalue weighted by atomic mass is 9.93. The first-order valence-corrected chi connectivity index (χ1v) is 4.88. The zero-order chi connectivity index (χ0) is 11.6. The molecule has 92 valence electrons. The summed E-state index contributed by atoms with van der Waals surface area (Å²) in [6.45, 7) is 3.74. The van der Waals surface area contributed by atoms with Crippen LogP contribution in [0.5, 0.6) is 0 Å². The van der Waals surface area contributed by atoms with E-state index in [9.17, 15) is 13.2 Å². The Hall–Kier alpha value is -0.740. The SMILES string of the molecule is CCC(C)[C@@H](N)c1ccc(F)c(F)c1F.Cl. The molecule has 0 bridgehead atoms. The number of benzene rings is 1. The molecule has 0 aromatic heterocycles. The summed E-state index contributed by atoms with van der Waals surface area (Å²) < 4.78 is 38.9. The molecular weight excluding hydrogens is 239 g/mol. The zero-order valence-electron chi connectivity index (χ0n) is 9.14. The molecule has 2 atom stereocenters. The van der Waals surface area contributed by atoms with Crippen LogP contribution in [-0.4, -0.2) is 0 Å². The highest BCUT2D eigenvalue weighted by atomic mass is 35.5. The van der Waals surface area contributed by atoms with Crippen LogP contribution in [0.15, 0.2) is 12.1 Å². The van der Waals surface area contributed by atoms with Crippen molar-refractivity contribution in [3.05, 3.63) is 35.1 Å². The van der Waals surface area contributed by atoms with Crippen molar-refractivity contribution in [1.82, 2.24) is 0 Å². The second kappa shape index (κ2) is 6.11. The highest BCUT2D eigenvalue weighted by Crippen LogP contribution is 2.26. The maximum Gasteiger partial charge on any atom is 0.194 e. The Morgan fingerprint density at radius 1 is 1.19 bits per heavy atom. The van der Waals surface area contributed by atoms with E-state index in [0.29, 0.717) is 0 Å². The van der Waals surface area contributed by atoms with Gasteiger partial charge in [-0.2, -0.15) is 0 Å². The van der Waals surface area contributed by atoms with Crippen molar-refractivity contribution >= 4 is 12.4 Å². The minimum atomic E-state index is -1.45. The van der Waals surface area contributed by atoms with E-state index in [0.717, 1.165) is 12.5 Å². The topological polar surface area (TPSA) is 26.0 Å². The van der Waals surface area contributed by atoms with Crippen LogP contribution < -0.4 is 5.73 Å². The summed E-state index contributed by atoms with van der Waals surface area (Å²) in [4.78, 5) is 0. The van der Waals surface area contributed by atoms with Crippen LogP contribution in [0.4, 0.5) is 13.2 Å². The molecule has 1 unspecified atom stereocenters. The molecule has 0 aliphatic heterocycles. The van der Waals surface area contributed by atoms with Gasteiger partial charge in [0, 0.05) is 11.6 Å². The molecular formula is C11H15ClF3N. The Bertz CT molecular complexity index is 357. The van der Waals surface area contributed by atoms with Crippen molar-refractivity contribution in [2.45, 2.75) is 26.3 Å². The van der Waals surface area contributed by atoms with E-state index in [1.54, 1.807) is 0 Å². The van der Waals surface area contributed by atoms with E-state index < -0.39 is 23.5 Å². The monoisotopic (exact) mass is 253 g/mol. The summed E-state index contributed by atoms with van der Waals surface area (Å²) >= 11 is 0. The molecule has 0 heterocycles. The van der Waals surface area contributed by atoms with Gasteiger partial charge in [-0.3, -0.25) is 0 Å². The van der Waals surface area contributed by atoms with Crippen molar-refractivity contribution < 1.29 is 13.2 Å². The molecule has 0 saturated heterocycles. The van der Waals surface area contributed by atoms with Crippen molar-refractivity contribution in [3.8, 4) is 0 Å². The summed E-state index contributed by atoms with van der Waals surface area (Å²) in [5.41, 5.74) is 5.77. The van der Waals surface area contributed by atoms with Gasteiger partial charge in [0.1, 0.15) is 0 Å². The van der Waals surface area contributed by atoms with Crippen LogP contribution in [0.3, 0.4) is 0 Å². The van der Waals surface area contributed by atoms with Gasteiger partial charge in [-0.15, -0.1) is 12.4 Å². The van der Waals surface area contributed by atoms with Crippen LogP contribution in [-0.2, 0) is 0 Å². The zero-order valence-corrected chi connectivity index (χ0v) is 9.95. The lowest BCUT2D eigenvalue weighted by Crippen LogP contribution is -2.20. The molecule has 1 aromatic carbocycles. The predicted molar refractivity (Wildman–Crippen MR) is 59.9 cm³/mol. The summed E-state index contributed by atoms with van der Waals surface area (Å²) in [6, 6.07) is 1.49. The van der Waals surface area contributed by atoms with E-state index in [2.05, 4.69) is 0 Å². The second-order valence-electron chi connectivity index (χ2n) is 3.68. The van der Waals surface area contributed by atoms with E-state index in [1.807, 2.05) is 13.8 Å². The Kier molecular flexibility index (Phi) is 5.83. The molecule has 16 heavy (non-hydrogen) atoms. The average Bonchev–Trinajstić information content (AvgIpc) is 2.24. The molecule has 2 N–H and O–H groups in total. The van der Waals surface area contributed by atoms with Crippen molar-refractivity contribution in [2.75, 3.05) is 0 Å². The van der Waals surface area contributed by atoms with Gasteiger partial charge in [-0.1, -0.05) is 26.3 Å². The van der Waals surface area contributed by atoms with Crippen LogP contribution in [0.25, 0.3) is 0 Å². The smallest absolute Gasteiger partial charge is 0.194 e. The van der Waals surface area contributed by atoms with Crippen LogP contribution in [0.1, 0.15) is 31.9 Å². The number of halogens is 4. The molecule has 0 fully saturated rings. The fourth-order valence-corrected chi connectivity index (χ4v) is 1.36. The Labute approximate surface area is 99.2 Å². The number of rotatable bonds is 3. The Balaban J connectivity index is 0.00000225. The summed E-state index contributed by atoms with van der Waals surface area (Å²) in [6.07, 6.45) is 0.750.